The molecule has 0 radical (unpaired) electrons. The van der Waals surface area contributed by atoms with Gasteiger partial charge in [0, 0.05) is 62.0 Å². The van der Waals surface area contributed by atoms with Gasteiger partial charge in [0.25, 0.3) is 0 Å². The highest BCUT2D eigenvalue weighted by Gasteiger charge is 2.35. The second kappa shape index (κ2) is 8.95. The summed E-state index contributed by atoms with van der Waals surface area (Å²) in [4.78, 5) is 2.26. The molecule has 1 aliphatic carbocycles. The number of rotatable bonds is 8. The molecule has 0 unspecified atom stereocenters. The molecule has 7 heteroatoms. The molecule has 2 heterocycles. The van der Waals surface area contributed by atoms with Gasteiger partial charge in [-0.25, -0.2) is 0 Å². The van der Waals surface area contributed by atoms with Gasteiger partial charge in [-0.05, 0) is 46.8 Å². The van der Waals surface area contributed by atoms with Crippen LogP contribution in [0.15, 0.2) is 28.9 Å². The fourth-order valence-corrected chi connectivity index (χ4v) is 4.57. The van der Waals surface area contributed by atoms with Crippen molar-refractivity contribution >= 4 is 32.7 Å². The van der Waals surface area contributed by atoms with Crippen LogP contribution in [0.2, 0.25) is 0 Å². The molecule has 1 aliphatic heterocycles. The molecule has 2 N–H and O–H groups in total. The number of ether oxygens (including phenoxy) is 2. The molecule has 2 fully saturated rings. The molecule has 1 aromatic heterocycles. The van der Waals surface area contributed by atoms with E-state index in [4.69, 9.17) is 14.9 Å². The minimum absolute atomic E-state index is 0.142. The summed E-state index contributed by atoms with van der Waals surface area (Å²) >= 11 is 3.73. The lowest BCUT2D eigenvalue weighted by molar-refractivity contribution is 0.0613. The summed E-state index contributed by atoms with van der Waals surface area (Å²) in [6.45, 7) is 4.71. The molecule has 1 saturated heterocycles. The van der Waals surface area contributed by atoms with E-state index in [-0.39, 0.29) is 6.10 Å². The Morgan fingerprint density at radius 1 is 1.43 bits per heavy atom. The number of halogens is 1. The van der Waals surface area contributed by atoms with Crippen LogP contribution in [0, 0.1) is 5.41 Å². The van der Waals surface area contributed by atoms with Crippen molar-refractivity contribution in [2.45, 2.75) is 44.5 Å². The van der Waals surface area contributed by atoms with Crippen molar-refractivity contribution in [3.05, 3.63) is 34.4 Å². The van der Waals surface area contributed by atoms with Crippen LogP contribution in [0.25, 0.3) is 10.9 Å². The minimum Gasteiger partial charge on any atom is -0.385 e. The second-order valence-electron chi connectivity index (χ2n) is 7.64. The summed E-state index contributed by atoms with van der Waals surface area (Å²) in [6.07, 6.45) is 5.42. The maximum absolute atomic E-state index is 8.78. The topological polar surface area (TPSA) is 62.5 Å². The molecule has 6 nitrogen and oxygen atoms in total. The van der Waals surface area contributed by atoms with Gasteiger partial charge in [0.05, 0.1) is 12.1 Å². The average molecular weight is 449 g/mol. The Hall–Kier alpha value is -1.41. The lowest BCUT2D eigenvalue weighted by atomic mass is 10.1. The third-order valence-electron chi connectivity index (χ3n) is 5.55. The minimum atomic E-state index is -0.142. The first-order chi connectivity index (χ1) is 13.7. The third-order valence-corrected chi connectivity index (χ3v) is 6.19. The first-order valence-corrected chi connectivity index (χ1v) is 10.9. The monoisotopic (exact) mass is 448 g/mol. The highest BCUT2D eigenvalue weighted by atomic mass is 79.9. The Balaban J connectivity index is 1.60. The predicted molar refractivity (Wildman–Crippen MR) is 115 cm³/mol. The molecule has 1 atom stereocenters. The number of aromatic nitrogens is 1. The Bertz CT molecular complexity index is 827. The highest BCUT2D eigenvalue weighted by molar-refractivity contribution is 9.10. The molecule has 2 aliphatic rings. The molecular weight excluding hydrogens is 420 g/mol. The molecule has 1 saturated carbocycles. The maximum atomic E-state index is 8.78. The van der Waals surface area contributed by atoms with E-state index in [0.29, 0.717) is 18.5 Å². The second-order valence-corrected chi connectivity index (χ2v) is 8.49. The first kappa shape index (κ1) is 19.9. The fraction of sp³-hybridized carbons (Fsp3) is 0.571. The van der Waals surface area contributed by atoms with Crippen molar-refractivity contribution < 1.29 is 9.47 Å². The van der Waals surface area contributed by atoms with E-state index < -0.39 is 0 Å². The molecule has 152 valence electrons. The van der Waals surface area contributed by atoms with Crippen molar-refractivity contribution in [3.63, 3.8) is 0 Å². The quantitative estimate of drug-likeness (QED) is 0.369. The van der Waals surface area contributed by atoms with E-state index in [0.717, 1.165) is 43.7 Å². The summed E-state index contributed by atoms with van der Waals surface area (Å²) in [6, 6.07) is 6.85. The number of morpholine rings is 1. The number of hydrogen-bond acceptors (Lipinski definition) is 4. The summed E-state index contributed by atoms with van der Waals surface area (Å²) in [7, 11) is 1.75. The van der Waals surface area contributed by atoms with Crippen LogP contribution in [0.3, 0.4) is 0 Å². The average Bonchev–Trinajstić information content (AvgIpc) is 3.50. The third kappa shape index (κ3) is 4.27. The van der Waals surface area contributed by atoms with Crippen LogP contribution >= 0.6 is 15.9 Å². The van der Waals surface area contributed by atoms with E-state index in [1.54, 1.807) is 7.11 Å². The van der Waals surface area contributed by atoms with Crippen LogP contribution in [-0.4, -0.2) is 60.9 Å². The van der Waals surface area contributed by atoms with Gasteiger partial charge in [-0.2, -0.15) is 0 Å². The number of aryl methyl sites for hydroxylation is 1. The van der Waals surface area contributed by atoms with Crippen molar-refractivity contribution in [2.24, 2.45) is 0 Å². The van der Waals surface area contributed by atoms with Crippen molar-refractivity contribution in [1.82, 2.24) is 14.8 Å². The SMILES string of the molecule is COCCCn1cc(CN(C(=N)[C@H]2CNCCO2)C2CC2)c2cccc(Br)c21. The number of amidine groups is 1. The Morgan fingerprint density at radius 2 is 2.29 bits per heavy atom. The van der Waals surface area contributed by atoms with E-state index in [9.17, 15) is 0 Å². The zero-order valence-corrected chi connectivity index (χ0v) is 18.0. The normalized spacial score (nSPS) is 19.9. The van der Waals surface area contributed by atoms with Gasteiger partial charge in [0.15, 0.2) is 0 Å². The standard InChI is InChI=1S/C21H29BrN4O2/c1-27-10-3-9-25-13-15(17-4-2-5-18(22)20(17)25)14-26(16-6-7-16)21(23)19-12-24-8-11-28-19/h2,4-5,13,16,19,23-24H,3,6-12,14H2,1H3/t19-/m1/s1. The molecule has 0 bridgehead atoms. The lowest BCUT2D eigenvalue weighted by Gasteiger charge is -2.32. The van der Waals surface area contributed by atoms with Gasteiger partial charge < -0.3 is 24.3 Å². The van der Waals surface area contributed by atoms with Crippen LogP contribution in [-0.2, 0) is 22.6 Å². The molecule has 4 rings (SSSR count). The number of para-hydroxylation sites is 1. The number of methoxy groups -OCH3 is 1. The van der Waals surface area contributed by atoms with Gasteiger partial charge in [-0.1, -0.05) is 12.1 Å². The van der Waals surface area contributed by atoms with Crippen molar-refractivity contribution in [1.29, 1.82) is 5.41 Å². The first-order valence-electron chi connectivity index (χ1n) is 10.1. The summed E-state index contributed by atoms with van der Waals surface area (Å²) in [5.41, 5.74) is 2.50. The van der Waals surface area contributed by atoms with Crippen molar-refractivity contribution in [3.8, 4) is 0 Å². The van der Waals surface area contributed by atoms with Crippen molar-refractivity contribution in [2.75, 3.05) is 33.4 Å². The maximum Gasteiger partial charge on any atom is 0.127 e. The van der Waals surface area contributed by atoms with Gasteiger partial charge in [-0.3, -0.25) is 5.41 Å². The van der Waals surface area contributed by atoms with Crippen LogP contribution in [0.5, 0.6) is 0 Å². The van der Waals surface area contributed by atoms with E-state index in [1.165, 1.54) is 29.3 Å². The highest BCUT2D eigenvalue weighted by Crippen LogP contribution is 2.33. The Kier molecular flexibility index (Phi) is 6.35. The molecule has 0 spiro atoms. The zero-order valence-electron chi connectivity index (χ0n) is 16.4. The van der Waals surface area contributed by atoms with Gasteiger partial charge in [0.1, 0.15) is 11.9 Å². The van der Waals surface area contributed by atoms with E-state index in [2.05, 4.69) is 55.1 Å². The smallest absolute Gasteiger partial charge is 0.127 e. The fourth-order valence-electron chi connectivity index (χ4n) is 3.98. The molecule has 0 amide bonds. The molecule has 28 heavy (non-hydrogen) atoms. The number of hydrogen-bond donors (Lipinski definition) is 2. The summed E-state index contributed by atoms with van der Waals surface area (Å²) in [5, 5.41) is 13.4. The number of nitrogens with zero attached hydrogens (tertiary/aromatic N) is 2. The van der Waals surface area contributed by atoms with Gasteiger partial charge in [-0.15, -0.1) is 0 Å². The molecule has 1 aromatic carbocycles. The van der Waals surface area contributed by atoms with Crippen LogP contribution < -0.4 is 5.32 Å². The number of benzene rings is 1. The Morgan fingerprint density at radius 3 is 3.00 bits per heavy atom. The Labute approximate surface area is 174 Å². The van der Waals surface area contributed by atoms with E-state index in [1.807, 2.05) is 0 Å². The summed E-state index contributed by atoms with van der Waals surface area (Å²) < 4.78 is 14.5. The largest absolute Gasteiger partial charge is 0.385 e. The summed E-state index contributed by atoms with van der Waals surface area (Å²) in [5.74, 6) is 0.616. The lowest BCUT2D eigenvalue weighted by Crippen LogP contribution is -2.49. The predicted octanol–water partition coefficient (Wildman–Crippen LogP) is 3.37. The van der Waals surface area contributed by atoms with Crippen LogP contribution in [0.1, 0.15) is 24.8 Å². The number of fused-ring (bicyclic) bond motifs is 1. The van der Waals surface area contributed by atoms with Crippen LogP contribution in [0.4, 0.5) is 0 Å². The zero-order chi connectivity index (χ0) is 19.5. The van der Waals surface area contributed by atoms with E-state index >= 15 is 0 Å². The van der Waals surface area contributed by atoms with Gasteiger partial charge in [0.2, 0.25) is 0 Å². The number of nitrogens with one attached hydrogen (secondary N) is 2. The molecule has 2 aromatic rings. The molecular formula is C21H29BrN4O2. The van der Waals surface area contributed by atoms with Gasteiger partial charge >= 0.3 is 0 Å².